The normalized spacial score (nSPS) is 27.7. The summed E-state index contributed by atoms with van der Waals surface area (Å²) in [5.41, 5.74) is 2.65. The van der Waals surface area contributed by atoms with Crippen LogP contribution in [0.4, 0.5) is 0 Å². The van der Waals surface area contributed by atoms with E-state index in [1.807, 2.05) is 40.2 Å². The van der Waals surface area contributed by atoms with Crippen LogP contribution in [-0.2, 0) is 23.0 Å². The standard InChI is InChI=1S/C18H21N3O3S/c1-20-7-3-4-14(20)16(22)21-13-5-6-15(21)18(9-13,17(23)24-2)8-12-10-25-11-19-12/h3-4,7,10-11,13,15H,5-6,8-9H2,1-2H3/t13-,15+,18+/m1/s1. The minimum atomic E-state index is -0.688. The Labute approximate surface area is 150 Å². The molecule has 25 heavy (non-hydrogen) atoms. The summed E-state index contributed by atoms with van der Waals surface area (Å²) in [5, 5.41) is 1.97. The Kier molecular flexibility index (Phi) is 3.91. The van der Waals surface area contributed by atoms with Gasteiger partial charge in [-0.3, -0.25) is 9.59 Å². The van der Waals surface area contributed by atoms with Gasteiger partial charge in [0.05, 0.1) is 23.7 Å². The molecule has 6 nitrogen and oxygen atoms in total. The summed E-state index contributed by atoms with van der Waals surface area (Å²) < 4.78 is 7.01. The van der Waals surface area contributed by atoms with E-state index in [4.69, 9.17) is 4.74 Å². The molecule has 0 spiro atoms. The number of aromatic nitrogens is 2. The molecule has 0 radical (unpaired) electrons. The zero-order valence-electron chi connectivity index (χ0n) is 14.3. The molecule has 0 aromatic carbocycles. The Morgan fingerprint density at radius 1 is 1.44 bits per heavy atom. The van der Waals surface area contributed by atoms with Crippen molar-refractivity contribution >= 4 is 23.2 Å². The van der Waals surface area contributed by atoms with Crippen LogP contribution in [-0.4, -0.2) is 45.5 Å². The third kappa shape index (κ3) is 2.40. The van der Waals surface area contributed by atoms with Crippen LogP contribution in [0.3, 0.4) is 0 Å². The molecule has 2 aromatic heterocycles. The number of ether oxygens (including phenoxy) is 1. The van der Waals surface area contributed by atoms with E-state index in [0.29, 0.717) is 18.5 Å². The van der Waals surface area contributed by atoms with Crippen molar-refractivity contribution < 1.29 is 14.3 Å². The average Bonchev–Trinajstić information content (AvgIpc) is 3.37. The van der Waals surface area contributed by atoms with Gasteiger partial charge in [0.25, 0.3) is 5.91 Å². The van der Waals surface area contributed by atoms with Gasteiger partial charge in [0, 0.05) is 37.1 Å². The van der Waals surface area contributed by atoms with E-state index in [9.17, 15) is 9.59 Å². The third-order valence-electron chi connectivity index (χ3n) is 5.71. The zero-order chi connectivity index (χ0) is 17.6. The highest BCUT2D eigenvalue weighted by atomic mass is 32.1. The number of hydrogen-bond donors (Lipinski definition) is 0. The molecule has 0 unspecified atom stereocenters. The Bertz CT molecular complexity index is 800. The quantitative estimate of drug-likeness (QED) is 0.786. The number of fused-ring (bicyclic) bond motifs is 2. The lowest BCUT2D eigenvalue weighted by molar-refractivity contribution is -0.154. The molecule has 2 bridgehead atoms. The van der Waals surface area contributed by atoms with Crippen LogP contribution in [0, 0.1) is 5.41 Å². The largest absolute Gasteiger partial charge is 0.469 e. The lowest BCUT2D eigenvalue weighted by atomic mass is 9.71. The molecule has 132 valence electrons. The molecule has 0 aliphatic carbocycles. The van der Waals surface area contributed by atoms with Crippen molar-refractivity contribution in [1.29, 1.82) is 0 Å². The molecular formula is C18H21N3O3S. The predicted molar refractivity (Wildman–Crippen MR) is 93.3 cm³/mol. The zero-order valence-corrected chi connectivity index (χ0v) is 15.2. The van der Waals surface area contributed by atoms with Gasteiger partial charge in [0.2, 0.25) is 0 Å². The summed E-state index contributed by atoms with van der Waals surface area (Å²) >= 11 is 1.52. The Hall–Kier alpha value is -2.15. The molecule has 7 heteroatoms. The maximum atomic E-state index is 13.1. The summed E-state index contributed by atoms with van der Waals surface area (Å²) in [7, 11) is 3.30. The van der Waals surface area contributed by atoms with Gasteiger partial charge in [-0.05, 0) is 31.4 Å². The lowest BCUT2D eigenvalue weighted by Crippen LogP contribution is -2.47. The van der Waals surface area contributed by atoms with Crippen LogP contribution >= 0.6 is 11.3 Å². The first-order chi connectivity index (χ1) is 12.1. The van der Waals surface area contributed by atoms with E-state index in [1.165, 1.54) is 18.4 Å². The highest BCUT2D eigenvalue weighted by molar-refractivity contribution is 7.07. The second-order valence-electron chi connectivity index (χ2n) is 6.97. The number of methoxy groups -OCH3 is 1. The number of thiazole rings is 1. The second-order valence-corrected chi connectivity index (χ2v) is 7.69. The number of rotatable bonds is 4. The Morgan fingerprint density at radius 3 is 2.92 bits per heavy atom. The molecule has 2 saturated heterocycles. The van der Waals surface area contributed by atoms with Crippen LogP contribution < -0.4 is 0 Å². The number of nitrogens with zero attached hydrogens (tertiary/aromatic N) is 3. The van der Waals surface area contributed by atoms with Crippen molar-refractivity contribution in [1.82, 2.24) is 14.5 Å². The van der Waals surface area contributed by atoms with Gasteiger partial charge >= 0.3 is 5.97 Å². The first kappa shape index (κ1) is 16.3. The summed E-state index contributed by atoms with van der Waals surface area (Å²) in [5.74, 6) is -0.221. The van der Waals surface area contributed by atoms with Gasteiger partial charge in [0.1, 0.15) is 5.69 Å². The Balaban J connectivity index is 1.70. The molecule has 2 aliphatic rings. The smallest absolute Gasteiger partial charge is 0.314 e. The van der Waals surface area contributed by atoms with Crippen LogP contribution in [0.2, 0.25) is 0 Å². The maximum Gasteiger partial charge on any atom is 0.314 e. The number of aryl methyl sites for hydroxylation is 1. The first-order valence-electron chi connectivity index (χ1n) is 8.46. The van der Waals surface area contributed by atoms with Gasteiger partial charge in [-0.15, -0.1) is 11.3 Å². The number of carbonyl (C=O) groups excluding carboxylic acids is 2. The summed E-state index contributed by atoms with van der Waals surface area (Å²) in [6.07, 6.45) is 4.82. The van der Waals surface area contributed by atoms with Crippen molar-refractivity contribution in [3.63, 3.8) is 0 Å². The van der Waals surface area contributed by atoms with Crippen LogP contribution in [0.1, 0.15) is 35.4 Å². The summed E-state index contributed by atoms with van der Waals surface area (Å²) in [6.45, 7) is 0. The van der Waals surface area contributed by atoms with Gasteiger partial charge in [-0.2, -0.15) is 0 Å². The number of carbonyl (C=O) groups is 2. The highest BCUT2D eigenvalue weighted by Gasteiger charge is 2.62. The molecule has 3 atom stereocenters. The molecule has 1 amide bonds. The molecule has 4 heterocycles. The van der Waals surface area contributed by atoms with E-state index in [-0.39, 0.29) is 24.0 Å². The molecule has 2 fully saturated rings. The fraction of sp³-hybridized carbons (Fsp3) is 0.500. The average molecular weight is 359 g/mol. The minimum Gasteiger partial charge on any atom is -0.469 e. The SMILES string of the molecule is COC(=O)[C@@]1(Cc2cscn2)C[C@H]2CC[C@@H]1N2C(=O)c1cccn1C. The minimum absolute atomic E-state index is 0.00376. The van der Waals surface area contributed by atoms with E-state index >= 15 is 0 Å². The monoisotopic (exact) mass is 359 g/mol. The van der Waals surface area contributed by atoms with Crippen molar-refractivity contribution in [2.24, 2.45) is 12.5 Å². The third-order valence-corrected chi connectivity index (χ3v) is 6.34. The highest BCUT2D eigenvalue weighted by Crippen LogP contribution is 2.52. The molecule has 2 aliphatic heterocycles. The fourth-order valence-corrected chi connectivity index (χ4v) is 5.20. The second kappa shape index (κ2) is 5.98. The number of esters is 1. The van der Waals surface area contributed by atoms with Crippen molar-refractivity contribution in [3.05, 3.63) is 40.6 Å². The predicted octanol–water partition coefficient (Wildman–Crippen LogP) is 2.26. The summed E-state index contributed by atoms with van der Waals surface area (Å²) in [6, 6.07) is 3.66. The van der Waals surface area contributed by atoms with Crippen molar-refractivity contribution in [2.75, 3.05) is 7.11 Å². The topological polar surface area (TPSA) is 64.4 Å². The molecule has 2 aromatic rings. The van der Waals surface area contributed by atoms with Gasteiger partial charge < -0.3 is 14.2 Å². The van der Waals surface area contributed by atoms with E-state index in [2.05, 4.69) is 4.98 Å². The number of hydrogen-bond acceptors (Lipinski definition) is 5. The van der Waals surface area contributed by atoms with Gasteiger partial charge in [-0.25, -0.2) is 4.98 Å². The molecular weight excluding hydrogens is 338 g/mol. The van der Waals surface area contributed by atoms with Crippen LogP contribution in [0.5, 0.6) is 0 Å². The van der Waals surface area contributed by atoms with E-state index < -0.39 is 5.41 Å². The fourth-order valence-electron chi connectivity index (χ4n) is 4.64. The van der Waals surface area contributed by atoms with E-state index in [0.717, 1.165) is 18.5 Å². The number of amides is 1. The van der Waals surface area contributed by atoms with Crippen molar-refractivity contribution in [3.8, 4) is 0 Å². The van der Waals surface area contributed by atoms with Gasteiger partial charge in [0.15, 0.2) is 0 Å². The van der Waals surface area contributed by atoms with Crippen LogP contribution in [0.15, 0.2) is 29.2 Å². The molecule has 4 rings (SSSR count). The van der Waals surface area contributed by atoms with Crippen molar-refractivity contribution in [2.45, 2.75) is 37.8 Å². The molecule has 0 saturated carbocycles. The van der Waals surface area contributed by atoms with Crippen LogP contribution in [0.25, 0.3) is 0 Å². The Morgan fingerprint density at radius 2 is 2.28 bits per heavy atom. The van der Waals surface area contributed by atoms with Gasteiger partial charge in [-0.1, -0.05) is 0 Å². The molecule has 0 N–H and O–H groups in total. The maximum absolute atomic E-state index is 13.1. The first-order valence-corrected chi connectivity index (χ1v) is 9.40. The van der Waals surface area contributed by atoms with E-state index in [1.54, 1.807) is 5.51 Å². The summed E-state index contributed by atoms with van der Waals surface area (Å²) in [4.78, 5) is 32.2. The lowest BCUT2D eigenvalue weighted by Gasteiger charge is -2.34.